The van der Waals surface area contributed by atoms with Crippen LogP contribution in [0, 0.1) is 17.9 Å². The van der Waals surface area contributed by atoms with E-state index in [1.807, 2.05) is 6.92 Å². The molecule has 9 nitrogen and oxygen atoms in total. The fourth-order valence-corrected chi connectivity index (χ4v) is 5.10. The van der Waals surface area contributed by atoms with Gasteiger partial charge in [0.25, 0.3) is 0 Å². The minimum absolute atomic E-state index is 0.255. The smallest absolute Gasteiger partial charge is 0.232 e. The lowest BCUT2D eigenvalue weighted by Crippen LogP contribution is -2.29. The Morgan fingerprint density at radius 2 is 2.09 bits per heavy atom. The van der Waals surface area contributed by atoms with E-state index in [2.05, 4.69) is 37.5 Å². The molecule has 1 saturated heterocycles. The summed E-state index contributed by atoms with van der Waals surface area (Å²) in [5, 5.41) is 10.5. The number of nitriles is 1. The van der Waals surface area contributed by atoms with Gasteiger partial charge in [0.2, 0.25) is 15.7 Å². The van der Waals surface area contributed by atoms with Gasteiger partial charge in [-0.05, 0) is 43.6 Å². The zero-order valence-electron chi connectivity index (χ0n) is 19.0. The first-order valence-electron chi connectivity index (χ1n) is 10.6. The Bertz CT molecular complexity index is 1190. The first kappa shape index (κ1) is 24.8. The first-order valence-corrected chi connectivity index (χ1v) is 13.5. The number of sulfonamides is 1. The molecule has 0 aromatic carbocycles. The lowest BCUT2D eigenvalue weighted by atomic mass is 10.1. The number of pyridine rings is 2. The van der Waals surface area contributed by atoms with Crippen LogP contribution in [-0.4, -0.2) is 62.8 Å². The number of hydrogen-bond donors (Lipinski definition) is 1. The Labute approximate surface area is 199 Å². The van der Waals surface area contributed by atoms with Crippen molar-refractivity contribution in [3.63, 3.8) is 0 Å². The van der Waals surface area contributed by atoms with E-state index < -0.39 is 10.0 Å². The molecule has 1 N–H and O–H groups in total. The van der Waals surface area contributed by atoms with Crippen molar-refractivity contribution in [2.24, 2.45) is 0 Å². The molecule has 1 aliphatic rings. The average molecular weight is 486 g/mol. The highest BCUT2D eigenvalue weighted by molar-refractivity contribution is 7.98. The molecule has 3 rings (SSSR count). The van der Waals surface area contributed by atoms with Crippen LogP contribution in [0.2, 0.25) is 0 Å². The van der Waals surface area contributed by atoms with Crippen molar-refractivity contribution in [2.75, 3.05) is 49.1 Å². The average Bonchev–Trinajstić information content (AvgIpc) is 3.00. The molecule has 11 heteroatoms. The molecule has 33 heavy (non-hydrogen) atoms. The van der Waals surface area contributed by atoms with E-state index in [9.17, 15) is 13.7 Å². The molecule has 174 valence electrons. The predicted molar refractivity (Wildman–Crippen MR) is 131 cm³/mol. The Morgan fingerprint density at radius 3 is 2.70 bits per heavy atom. The Hall–Kier alpha value is -2.86. The van der Waals surface area contributed by atoms with Crippen molar-refractivity contribution in [2.45, 2.75) is 30.5 Å². The standard InChI is InChI=1S/C22H27N7O2S2/c1-5-17-18(13-23)22(32-15-16-7-8-19(25-14-16)27-33(4,30)31)26-21(20(17)24-2)29-10-6-9-28(3)11-12-29/h7-8,14H,5-6,9-12,15H2,1,3-4H3,(H,25,27). The maximum Gasteiger partial charge on any atom is 0.232 e. The third-order valence-corrected chi connectivity index (χ3v) is 6.93. The third-order valence-electron chi connectivity index (χ3n) is 5.31. The number of likely N-dealkylation sites (N-methyl/N-ethyl adjacent to an activating group) is 1. The van der Waals surface area contributed by atoms with Gasteiger partial charge in [0.15, 0.2) is 0 Å². The highest BCUT2D eigenvalue weighted by Crippen LogP contribution is 2.39. The van der Waals surface area contributed by atoms with E-state index in [1.165, 1.54) is 11.8 Å². The maximum absolute atomic E-state index is 11.4. The van der Waals surface area contributed by atoms with Crippen LogP contribution in [0.1, 0.15) is 30.0 Å². The Morgan fingerprint density at radius 1 is 1.30 bits per heavy atom. The monoisotopic (exact) mass is 485 g/mol. The van der Waals surface area contributed by atoms with Crippen LogP contribution in [0.5, 0.6) is 0 Å². The van der Waals surface area contributed by atoms with Crippen LogP contribution in [0.3, 0.4) is 0 Å². The lowest BCUT2D eigenvalue weighted by molar-refractivity contribution is 0.360. The second-order valence-corrected chi connectivity index (χ2v) is 10.6. The summed E-state index contributed by atoms with van der Waals surface area (Å²) in [6.07, 6.45) is 4.24. The molecule has 1 fully saturated rings. The largest absolute Gasteiger partial charge is 0.364 e. The van der Waals surface area contributed by atoms with Gasteiger partial charge in [-0.1, -0.05) is 13.0 Å². The molecule has 0 saturated carbocycles. The zero-order chi connectivity index (χ0) is 24.0. The zero-order valence-corrected chi connectivity index (χ0v) is 20.6. The minimum Gasteiger partial charge on any atom is -0.364 e. The molecule has 0 aliphatic carbocycles. The van der Waals surface area contributed by atoms with Gasteiger partial charge >= 0.3 is 0 Å². The molecule has 0 atom stereocenters. The molecule has 0 amide bonds. The van der Waals surface area contributed by atoms with Gasteiger partial charge in [0.1, 0.15) is 22.7 Å². The molecule has 3 heterocycles. The summed E-state index contributed by atoms with van der Waals surface area (Å²) in [6.45, 7) is 13.2. The van der Waals surface area contributed by atoms with Gasteiger partial charge in [-0.2, -0.15) is 5.26 Å². The van der Waals surface area contributed by atoms with Gasteiger partial charge in [-0.25, -0.2) is 23.2 Å². The number of hydrogen-bond acceptors (Lipinski definition) is 8. The molecular weight excluding hydrogens is 458 g/mol. The minimum atomic E-state index is -3.39. The summed E-state index contributed by atoms with van der Waals surface area (Å²) in [5.74, 6) is 1.42. The molecule has 2 aromatic rings. The molecule has 2 aromatic heterocycles. The van der Waals surface area contributed by atoms with Gasteiger partial charge in [-0.3, -0.25) is 4.72 Å². The van der Waals surface area contributed by atoms with Crippen molar-refractivity contribution in [1.82, 2.24) is 14.9 Å². The van der Waals surface area contributed by atoms with Crippen LogP contribution < -0.4 is 9.62 Å². The summed E-state index contributed by atoms with van der Waals surface area (Å²) in [6, 6.07) is 5.66. The van der Waals surface area contributed by atoms with E-state index >= 15 is 0 Å². The summed E-state index contributed by atoms with van der Waals surface area (Å²) in [5.41, 5.74) is 2.53. The number of nitrogens with zero attached hydrogens (tertiary/aromatic N) is 6. The van der Waals surface area contributed by atoms with Crippen LogP contribution in [0.15, 0.2) is 23.4 Å². The summed E-state index contributed by atoms with van der Waals surface area (Å²) < 4.78 is 25.1. The van der Waals surface area contributed by atoms with Crippen molar-refractivity contribution in [3.8, 4) is 6.07 Å². The quantitative estimate of drug-likeness (QED) is 0.470. The lowest BCUT2D eigenvalue weighted by Gasteiger charge is -2.25. The van der Waals surface area contributed by atoms with Gasteiger partial charge in [-0.15, -0.1) is 11.8 Å². The third kappa shape index (κ3) is 6.35. The van der Waals surface area contributed by atoms with Crippen LogP contribution in [0.4, 0.5) is 17.3 Å². The van der Waals surface area contributed by atoms with Gasteiger partial charge in [0.05, 0.1) is 18.4 Å². The highest BCUT2D eigenvalue weighted by Gasteiger charge is 2.24. The Balaban J connectivity index is 1.91. The molecule has 0 bridgehead atoms. The van der Waals surface area contributed by atoms with Crippen molar-refractivity contribution in [3.05, 3.63) is 46.4 Å². The predicted octanol–water partition coefficient (Wildman–Crippen LogP) is 3.27. The van der Waals surface area contributed by atoms with Crippen LogP contribution in [-0.2, 0) is 22.2 Å². The van der Waals surface area contributed by atoms with E-state index in [-0.39, 0.29) is 5.82 Å². The number of nitrogens with one attached hydrogen (secondary N) is 1. The first-order chi connectivity index (χ1) is 15.8. The fourth-order valence-electron chi connectivity index (χ4n) is 3.66. The van der Waals surface area contributed by atoms with Crippen molar-refractivity contribution < 1.29 is 8.42 Å². The summed E-state index contributed by atoms with van der Waals surface area (Å²) in [7, 11) is -1.29. The number of rotatable bonds is 7. The van der Waals surface area contributed by atoms with E-state index in [0.717, 1.165) is 50.0 Å². The highest BCUT2D eigenvalue weighted by atomic mass is 32.2. The van der Waals surface area contributed by atoms with Gasteiger partial charge in [0, 0.05) is 31.6 Å². The molecule has 1 aliphatic heterocycles. The number of anilines is 2. The molecule has 0 radical (unpaired) electrons. The second-order valence-electron chi connectivity index (χ2n) is 7.88. The van der Waals surface area contributed by atoms with Crippen LogP contribution in [0.25, 0.3) is 4.85 Å². The Kier molecular flexibility index (Phi) is 8.14. The van der Waals surface area contributed by atoms with Gasteiger partial charge < -0.3 is 9.80 Å². The summed E-state index contributed by atoms with van der Waals surface area (Å²) in [4.78, 5) is 17.2. The van der Waals surface area contributed by atoms with Crippen LogP contribution >= 0.6 is 11.8 Å². The van der Waals surface area contributed by atoms with E-state index in [4.69, 9.17) is 11.6 Å². The maximum atomic E-state index is 11.4. The number of aromatic nitrogens is 2. The second kappa shape index (κ2) is 10.8. The van der Waals surface area contributed by atoms with E-state index in [1.54, 1.807) is 18.3 Å². The SMILES string of the molecule is [C-]#[N+]c1c(N2CCCN(C)CC2)nc(SCc2ccc(NS(C)(=O)=O)nc2)c(C#N)c1CC. The topological polar surface area (TPSA) is 107 Å². The number of thioether (sulfide) groups is 1. The summed E-state index contributed by atoms with van der Waals surface area (Å²) >= 11 is 1.42. The molecular formula is C22H27N7O2S2. The fraction of sp³-hybridized carbons (Fsp3) is 0.455. The van der Waals surface area contributed by atoms with Crippen molar-refractivity contribution >= 4 is 39.1 Å². The van der Waals surface area contributed by atoms with E-state index in [0.29, 0.717) is 34.3 Å². The normalized spacial score (nSPS) is 14.9. The van der Waals surface area contributed by atoms with Crippen molar-refractivity contribution in [1.29, 1.82) is 5.26 Å². The molecule has 0 spiro atoms. The molecule has 0 unspecified atom stereocenters.